The SMILES string of the molecule is CCC(=O)Nc1cc2c(cc1NC(=O)CC)Oc1cc3c4cc1C(CCCN)c1cc5c(cc1O2)Oc1cc(NC(=O)CC)c(NC(=O)CC)cc1Oc1cc2c(cc1C5CCCN)C(CCCN)c1cc(c(cc1Oc1cc(NC(=O)CC)c(NC(=O)CC)cc1O2)Oc1cc(NC(=O)CC)c(NC(=O)CC)cc1O3)C4CCCN. The molecule has 0 saturated heterocycles. The van der Waals surface area contributed by atoms with Gasteiger partial charge in [-0.3, -0.25) is 38.4 Å². The molecule has 8 aromatic carbocycles. The number of hydrogen-bond donors (Lipinski definition) is 12. The Morgan fingerprint density at radius 3 is 0.457 bits per heavy atom. The van der Waals surface area contributed by atoms with E-state index in [0.717, 1.165) is 0 Å². The molecule has 8 bridgehead atoms. The van der Waals surface area contributed by atoms with E-state index in [1.165, 1.54) is 0 Å². The number of carbonyl (C=O) groups excluding carboxylic acids is 8. The number of benzene rings is 8. The van der Waals surface area contributed by atoms with Gasteiger partial charge in [0, 0.05) is 192 Å². The molecule has 16 N–H and O–H groups in total. The molecule has 0 fully saturated rings. The first-order chi connectivity index (χ1) is 56.1. The van der Waals surface area contributed by atoms with Crippen LogP contribution < -0.4 is 103 Å². The van der Waals surface area contributed by atoms with Crippen LogP contribution in [0.5, 0.6) is 92.0 Å². The Balaban J connectivity index is 1.26. The Morgan fingerprint density at radius 2 is 0.345 bits per heavy atom. The van der Waals surface area contributed by atoms with Crippen molar-refractivity contribution in [3.8, 4) is 92.0 Å². The average Bonchev–Trinajstić information content (AvgIpc) is 1.63. The summed E-state index contributed by atoms with van der Waals surface area (Å²) in [5.74, 6) is -3.23. The predicted molar refractivity (Wildman–Crippen MR) is 444 cm³/mol. The first-order valence-electron chi connectivity index (χ1n) is 40.2. The van der Waals surface area contributed by atoms with Crippen molar-refractivity contribution in [2.24, 2.45) is 22.9 Å². The van der Waals surface area contributed by atoms with Crippen molar-refractivity contribution in [3.63, 3.8) is 0 Å². The second-order valence-corrected chi connectivity index (χ2v) is 29.1. The molecule has 0 saturated carbocycles. The molecule has 5 aliphatic rings. The lowest BCUT2D eigenvalue weighted by Crippen LogP contribution is -2.15. The largest absolute Gasteiger partial charge is 0.453 e. The summed E-state index contributed by atoms with van der Waals surface area (Å²) >= 11 is 0. The number of fused-ring (bicyclic) bond motifs is 4. The number of anilines is 8. The fourth-order valence-electron chi connectivity index (χ4n) is 15.0. The maximum Gasteiger partial charge on any atom is 0.224 e. The van der Waals surface area contributed by atoms with Gasteiger partial charge in [-0.25, -0.2) is 0 Å². The van der Waals surface area contributed by atoms with Crippen molar-refractivity contribution >= 4 is 92.8 Å². The van der Waals surface area contributed by atoms with Crippen LogP contribution in [0, 0.1) is 0 Å². The van der Waals surface area contributed by atoms with E-state index in [2.05, 4.69) is 66.8 Å². The molecule has 0 atom stereocenters. The Morgan fingerprint density at radius 1 is 0.216 bits per heavy atom. The highest BCUT2D eigenvalue weighted by Crippen LogP contribution is 2.61. The summed E-state index contributed by atoms with van der Waals surface area (Å²) in [4.78, 5) is 110. The Hall–Kier alpha value is -12.2. The molecule has 8 amide bonds. The van der Waals surface area contributed by atoms with E-state index < -0.39 is 23.7 Å². The van der Waals surface area contributed by atoms with E-state index in [0.29, 0.717) is 95.9 Å². The van der Waals surface area contributed by atoms with Crippen LogP contribution in [-0.4, -0.2) is 73.4 Å². The van der Waals surface area contributed by atoms with Crippen LogP contribution in [0.1, 0.15) is 226 Å². The number of nitrogens with two attached hydrogens (primary N) is 4. The zero-order chi connectivity index (χ0) is 82.2. The summed E-state index contributed by atoms with van der Waals surface area (Å²) in [6, 6.07) is 28.2. The molecule has 608 valence electrons. The maximum absolute atomic E-state index is 13.7. The molecular formula is C88H100N12O16. The number of nitrogens with one attached hydrogen (secondary N) is 8. The first-order valence-corrected chi connectivity index (χ1v) is 40.2. The number of rotatable bonds is 28. The molecule has 116 heavy (non-hydrogen) atoms. The minimum absolute atomic E-state index is 0.0718. The van der Waals surface area contributed by atoms with Gasteiger partial charge in [-0.05, 0) is 102 Å². The van der Waals surface area contributed by atoms with Gasteiger partial charge >= 0.3 is 0 Å². The smallest absolute Gasteiger partial charge is 0.224 e. The average molecular weight is 1580 g/mol. The Bertz CT molecular complexity index is 4300. The van der Waals surface area contributed by atoms with Crippen LogP contribution in [0.3, 0.4) is 0 Å². The van der Waals surface area contributed by atoms with Gasteiger partial charge in [0.05, 0.1) is 45.5 Å². The summed E-state index contributed by atoms with van der Waals surface area (Å²) in [6.45, 7) is 14.6. The summed E-state index contributed by atoms with van der Waals surface area (Å²) in [6.07, 6.45) is 3.75. The van der Waals surface area contributed by atoms with Crippen LogP contribution in [-0.2, 0) is 38.4 Å². The number of carbonyl (C=O) groups is 8. The minimum atomic E-state index is -0.720. The Labute approximate surface area is 672 Å². The van der Waals surface area contributed by atoms with Crippen LogP contribution in [0.4, 0.5) is 45.5 Å². The zero-order valence-corrected chi connectivity index (χ0v) is 66.5. The molecule has 1 aliphatic carbocycles. The monoisotopic (exact) mass is 1580 g/mol. The lowest BCUT2D eigenvalue weighted by atomic mass is 9.76. The van der Waals surface area contributed by atoms with Crippen molar-refractivity contribution < 1.29 is 76.3 Å². The molecule has 4 aliphatic heterocycles. The third-order valence-electron chi connectivity index (χ3n) is 21.2. The summed E-state index contributed by atoms with van der Waals surface area (Å²) in [5.41, 5.74) is 33.2. The molecule has 8 aromatic rings. The Kier molecular flexibility index (Phi) is 25.4. The third kappa shape index (κ3) is 17.4. The quantitative estimate of drug-likeness (QED) is 0.0217. The summed E-state index contributed by atoms with van der Waals surface area (Å²) in [7, 11) is 0. The molecule has 0 radical (unpaired) electrons. The van der Waals surface area contributed by atoms with Gasteiger partial charge in [0.1, 0.15) is 46.0 Å². The highest BCUT2D eigenvalue weighted by atomic mass is 16.5. The molecule has 0 spiro atoms. The topological polar surface area (TPSA) is 411 Å². The second kappa shape index (κ2) is 36.1. The molecule has 0 aromatic heterocycles. The van der Waals surface area contributed by atoms with Crippen LogP contribution in [0.15, 0.2) is 97.1 Å². The maximum atomic E-state index is 13.7. The van der Waals surface area contributed by atoms with Crippen molar-refractivity contribution in [2.75, 3.05) is 68.7 Å². The fourth-order valence-corrected chi connectivity index (χ4v) is 15.0. The van der Waals surface area contributed by atoms with Crippen molar-refractivity contribution in [1.82, 2.24) is 0 Å². The van der Waals surface area contributed by atoms with Crippen molar-refractivity contribution in [2.45, 2.75) is 182 Å². The van der Waals surface area contributed by atoms with E-state index in [1.807, 2.05) is 0 Å². The first kappa shape index (κ1) is 81.8. The van der Waals surface area contributed by atoms with Crippen LogP contribution >= 0.6 is 0 Å². The van der Waals surface area contributed by atoms with Crippen LogP contribution in [0.25, 0.3) is 0 Å². The molecule has 28 nitrogen and oxygen atoms in total. The zero-order valence-electron chi connectivity index (χ0n) is 66.5. The molecular weight excluding hydrogens is 1480 g/mol. The van der Waals surface area contributed by atoms with Gasteiger partial charge in [0.15, 0.2) is 46.0 Å². The van der Waals surface area contributed by atoms with E-state index in [1.54, 1.807) is 128 Å². The molecule has 28 heteroatoms. The minimum Gasteiger partial charge on any atom is -0.453 e. The van der Waals surface area contributed by atoms with E-state index >= 15 is 0 Å². The van der Waals surface area contributed by atoms with Gasteiger partial charge < -0.3 is 103 Å². The van der Waals surface area contributed by atoms with Crippen LogP contribution in [0.2, 0.25) is 0 Å². The van der Waals surface area contributed by atoms with Crippen molar-refractivity contribution in [1.29, 1.82) is 0 Å². The molecule has 4 heterocycles. The van der Waals surface area contributed by atoms with Gasteiger partial charge in [0.25, 0.3) is 0 Å². The standard InChI is InChI=1S/C88H100N12O16/c1-9-81(101)93-57-33-73-74(34-58(57)94-82(102)10-2)110-66-42-68-52-30-50(66)45(21-17-25-89)49-29-51-46(22-18-26-90)53-31-55-48(24-20-28-92)56-32-54(47(52)23-19-27-91)70(114-78-38-62(98-86(106)14-6)61(37-77(78)112-68)97-85(105)13-5)44-72(56)116-80-40-64(100-88(108)16-8)63(99-87(107)15-7)39-79(80)115-71(55)43-69(53)113-76-36-60(96-84(104)12-4)59(95-83(103)11-3)35-75(76)111-67(51)41-65(49)109-73/h29-48H,9-28,89-92H2,1-8H3,(H,93,101)(H,94,102)(H,95,103)(H,96,104)(H,97,105)(H,98,106)(H,99,107)(H,100,108). The molecule has 0 unspecified atom stereocenters. The van der Waals surface area contributed by atoms with E-state index in [4.69, 9.17) is 60.8 Å². The number of ether oxygens (including phenoxy) is 8. The second-order valence-electron chi connectivity index (χ2n) is 29.1. The van der Waals surface area contributed by atoms with Crippen molar-refractivity contribution in [3.05, 3.63) is 142 Å². The van der Waals surface area contributed by atoms with Gasteiger partial charge in [-0.15, -0.1) is 0 Å². The third-order valence-corrected chi connectivity index (χ3v) is 21.2. The number of amides is 8. The predicted octanol–water partition coefficient (Wildman–Crippen LogP) is 17.9. The highest BCUT2D eigenvalue weighted by molar-refractivity contribution is 6.04. The van der Waals surface area contributed by atoms with Gasteiger partial charge in [-0.1, -0.05) is 55.4 Å². The lowest BCUT2D eigenvalue weighted by molar-refractivity contribution is -0.116. The van der Waals surface area contributed by atoms with Gasteiger partial charge in [-0.2, -0.15) is 0 Å². The number of hydrogen-bond acceptors (Lipinski definition) is 20. The lowest BCUT2D eigenvalue weighted by Gasteiger charge is -2.30. The van der Waals surface area contributed by atoms with E-state index in [-0.39, 0.29) is 262 Å². The highest BCUT2D eigenvalue weighted by Gasteiger charge is 2.40. The fraction of sp³-hybridized carbons (Fsp3) is 0.364. The summed E-state index contributed by atoms with van der Waals surface area (Å²) < 4.78 is 59.8. The summed E-state index contributed by atoms with van der Waals surface area (Å²) in [5, 5.41) is 23.9. The normalized spacial score (nSPS) is 15.2. The molecule has 13 rings (SSSR count). The van der Waals surface area contributed by atoms with Gasteiger partial charge in [0.2, 0.25) is 47.3 Å². The van der Waals surface area contributed by atoms with E-state index in [9.17, 15) is 38.4 Å².